The Kier molecular flexibility index (Phi) is 5.45. The van der Waals surface area contributed by atoms with Crippen LogP contribution in [0.2, 0.25) is 0 Å². The summed E-state index contributed by atoms with van der Waals surface area (Å²) >= 11 is 0. The van der Waals surface area contributed by atoms with E-state index in [1.165, 1.54) is 37.3 Å². The summed E-state index contributed by atoms with van der Waals surface area (Å²) in [6.45, 7) is 0.909. The average molecular weight is 330 g/mol. The normalized spacial score (nSPS) is 9.88. The van der Waals surface area contributed by atoms with Crippen molar-refractivity contribution in [1.82, 2.24) is 0 Å². The topological polar surface area (TPSA) is 108 Å². The third-order valence-corrected chi connectivity index (χ3v) is 2.81. The number of ether oxygens (including phenoxy) is 2. The van der Waals surface area contributed by atoms with Crippen LogP contribution < -0.4 is 14.8 Å². The SMILES string of the molecule is CC(=O)Nc1ccc(OC(=O)COc2ccccc2[N+](=O)[O-])cc1. The van der Waals surface area contributed by atoms with Crippen molar-refractivity contribution in [2.24, 2.45) is 0 Å². The predicted molar refractivity (Wildman–Crippen MR) is 85.0 cm³/mol. The van der Waals surface area contributed by atoms with Gasteiger partial charge in [-0.2, -0.15) is 0 Å². The molecule has 1 N–H and O–H groups in total. The summed E-state index contributed by atoms with van der Waals surface area (Å²) in [6.07, 6.45) is 0. The monoisotopic (exact) mass is 330 g/mol. The van der Waals surface area contributed by atoms with Gasteiger partial charge in [0.05, 0.1) is 4.92 Å². The van der Waals surface area contributed by atoms with Crippen molar-refractivity contribution < 1.29 is 24.0 Å². The molecule has 1 amide bonds. The molecule has 2 rings (SSSR count). The fraction of sp³-hybridized carbons (Fsp3) is 0.125. The number of nitrogens with one attached hydrogen (secondary N) is 1. The molecule has 8 heteroatoms. The van der Waals surface area contributed by atoms with E-state index in [1.807, 2.05) is 0 Å². The quantitative estimate of drug-likeness (QED) is 0.377. The molecule has 0 radical (unpaired) electrons. The number of benzene rings is 2. The molecule has 124 valence electrons. The third kappa shape index (κ3) is 4.80. The summed E-state index contributed by atoms with van der Waals surface area (Å²) in [4.78, 5) is 32.9. The van der Waals surface area contributed by atoms with Gasteiger partial charge in [0.2, 0.25) is 5.91 Å². The first-order valence-electron chi connectivity index (χ1n) is 6.90. The molecule has 0 saturated carbocycles. The van der Waals surface area contributed by atoms with Crippen molar-refractivity contribution in [3.63, 3.8) is 0 Å². The minimum atomic E-state index is -0.708. The molecule has 0 bridgehead atoms. The number of anilines is 1. The molecule has 24 heavy (non-hydrogen) atoms. The summed E-state index contributed by atoms with van der Waals surface area (Å²) in [5.41, 5.74) is 0.336. The first kappa shape index (κ1) is 16.9. The van der Waals surface area contributed by atoms with Crippen molar-refractivity contribution in [2.45, 2.75) is 6.92 Å². The number of para-hydroxylation sites is 2. The summed E-state index contributed by atoms with van der Waals surface area (Å²) in [7, 11) is 0. The van der Waals surface area contributed by atoms with Crippen LogP contribution in [-0.2, 0) is 9.59 Å². The number of hydrogen-bond donors (Lipinski definition) is 1. The maximum Gasteiger partial charge on any atom is 0.349 e. The van der Waals surface area contributed by atoms with Gasteiger partial charge in [-0.25, -0.2) is 4.79 Å². The van der Waals surface area contributed by atoms with Gasteiger partial charge in [-0.1, -0.05) is 12.1 Å². The van der Waals surface area contributed by atoms with Gasteiger partial charge in [0.25, 0.3) is 0 Å². The Morgan fingerprint density at radius 3 is 2.42 bits per heavy atom. The van der Waals surface area contributed by atoms with Crippen molar-refractivity contribution in [3.8, 4) is 11.5 Å². The lowest BCUT2D eigenvalue weighted by molar-refractivity contribution is -0.385. The Bertz CT molecular complexity index is 757. The van der Waals surface area contributed by atoms with Gasteiger partial charge in [0, 0.05) is 18.7 Å². The van der Waals surface area contributed by atoms with Gasteiger partial charge in [0.1, 0.15) is 5.75 Å². The van der Waals surface area contributed by atoms with Crippen molar-refractivity contribution >= 4 is 23.3 Å². The lowest BCUT2D eigenvalue weighted by Crippen LogP contribution is -2.18. The zero-order valence-electron chi connectivity index (χ0n) is 12.7. The highest BCUT2D eigenvalue weighted by Gasteiger charge is 2.15. The Morgan fingerprint density at radius 1 is 1.12 bits per heavy atom. The van der Waals surface area contributed by atoms with Gasteiger partial charge >= 0.3 is 11.7 Å². The largest absolute Gasteiger partial charge is 0.475 e. The fourth-order valence-corrected chi connectivity index (χ4v) is 1.84. The lowest BCUT2D eigenvalue weighted by atomic mass is 10.3. The first-order chi connectivity index (χ1) is 11.5. The van der Waals surface area contributed by atoms with Crippen LogP contribution in [0.5, 0.6) is 11.5 Å². The maximum absolute atomic E-state index is 11.7. The van der Waals surface area contributed by atoms with E-state index in [4.69, 9.17) is 9.47 Å². The van der Waals surface area contributed by atoms with Crippen LogP contribution in [0.4, 0.5) is 11.4 Å². The Balaban J connectivity index is 1.92. The van der Waals surface area contributed by atoms with Gasteiger partial charge in [-0.05, 0) is 30.3 Å². The Hall–Kier alpha value is -3.42. The number of carbonyl (C=O) groups excluding carboxylic acids is 2. The van der Waals surface area contributed by atoms with Gasteiger partial charge in [-0.15, -0.1) is 0 Å². The van der Waals surface area contributed by atoms with E-state index in [2.05, 4.69) is 5.32 Å². The minimum Gasteiger partial charge on any atom is -0.475 e. The van der Waals surface area contributed by atoms with Crippen LogP contribution in [0.15, 0.2) is 48.5 Å². The molecule has 0 fully saturated rings. The number of amides is 1. The van der Waals surface area contributed by atoms with E-state index >= 15 is 0 Å². The zero-order chi connectivity index (χ0) is 17.5. The molecule has 0 aromatic heterocycles. The Labute approximate surface area is 137 Å². The molecule has 8 nitrogen and oxygen atoms in total. The summed E-state index contributed by atoms with van der Waals surface area (Å²) in [6, 6.07) is 11.9. The van der Waals surface area contributed by atoms with Crippen LogP contribution >= 0.6 is 0 Å². The Morgan fingerprint density at radius 2 is 1.79 bits per heavy atom. The molecule has 0 unspecified atom stereocenters. The second-order valence-electron chi connectivity index (χ2n) is 4.69. The van der Waals surface area contributed by atoms with Crippen LogP contribution in [0.1, 0.15) is 6.92 Å². The average Bonchev–Trinajstić information content (AvgIpc) is 2.54. The van der Waals surface area contributed by atoms with E-state index in [0.29, 0.717) is 5.69 Å². The summed E-state index contributed by atoms with van der Waals surface area (Å²) in [5.74, 6) is -0.668. The minimum absolute atomic E-state index is 0.0135. The van der Waals surface area contributed by atoms with E-state index in [1.54, 1.807) is 18.2 Å². The molecule has 0 aliphatic carbocycles. The maximum atomic E-state index is 11.7. The number of nitrogens with zero attached hydrogens (tertiary/aromatic N) is 1. The second-order valence-corrected chi connectivity index (χ2v) is 4.69. The number of carbonyl (C=O) groups is 2. The molecule has 0 aliphatic heterocycles. The zero-order valence-corrected chi connectivity index (χ0v) is 12.7. The molecule has 0 atom stereocenters. The van der Waals surface area contributed by atoms with E-state index in [0.717, 1.165) is 0 Å². The smallest absolute Gasteiger partial charge is 0.349 e. The molecule has 0 spiro atoms. The van der Waals surface area contributed by atoms with Crippen LogP contribution in [0, 0.1) is 10.1 Å². The lowest BCUT2D eigenvalue weighted by Gasteiger charge is -2.08. The van der Waals surface area contributed by atoms with Crippen molar-refractivity contribution in [2.75, 3.05) is 11.9 Å². The fourth-order valence-electron chi connectivity index (χ4n) is 1.84. The molecule has 0 heterocycles. The predicted octanol–water partition coefficient (Wildman–Crippen LogP) is 2.54. The third-order valence-electron chi connectivity index (χ3n) is 2.81. The highest BCUT2D eigenvalue weighted by molar-refractivity contribution is 5.88. The summed E-state index contributed by atoms with van der Waals surface area (Å²) < 4.78 is 10.2. The van der Waals surface area contributed by atoms with Crippen LogP contribution in [0.25, 0.3) is 0 Å². The number of nitro groups is 1. The molecule has 0 aliphatic rings. The van der Waals surface area contributed by atoms with E-state index in [9.17, 15) is 19.7 Å². The highest BCUT2D eigenvalue weighted by atomic mass is 16.6. The van der Waals surface area contributed by atoms with E-state index in [-0.39, 0.29) is 23.1 Å². The second kappa shape index (κ2) is 7.73. The molecular weight excluding hydrogens is 316 g/mol. The van der Waals surface area contributed by atoms with Gasteiger partial charge < -0.3 is 14.8 Å². The van der Waals surface area contributed by atoms with Gasteiger partial charge in [0.15, 0.2) is 12.4 Å². The molecular formula is C16H14N2O6. The number of nitro benzene ring substituents is 1. The van der Waals surface area contributed by atoms with E-state index < -0.39 is 17.5 Å². The standard InChI is InChI=1S/C16H14N2O6/c1-11(19)17-12-6-8-13(9-7-12)24-16(20)10-23-15-5-3-2-4-14(15)18(21)22/h2-9H,10H2,1H3,(H,17,19). The molecule has 2 aromatic carbocycles. The summed E-state index contributed by atoms with van der Waals surface area (Å²) in [5, 5.41) is 13.4. The van der Waals surface area contributed by atoms with Gasteiger partial charge in [-0.3, -0.25) is 14.9 Å². The molecule has 2 aromatic rings. The highest BCUT2D eigenvalue weighted by Crippen LogP contribution is 2.25. The van der Waals surface area contributed by atoms with Crippen LogP contribution in [-0.4, -0.2) is 23.4 Å². The van der Waals surface area contributed by atoms with Crippen LogP contribution in [0.3, 0.4) is 0 Å². The number of hydrogen-bond acceptors (Lipinski definition) is 6. The number of rotatable bonds is 6. The van der Waals surface area contributed by atoms with Crippen molar-refractivity contribution in [3.05, 3.63) is 58.6 Å². The number of esters is 1. The van der Waals surface area contributed by atoms with Crippen molar-refractivity contribution in [1.29, 1.82) is 0 Å². The first-order valence-corrected chi connectivity index (χ1v) is 6.90. The molecule has 0 saturated heterocycles.